The molecule has 0 bridgehead atoms. The van der Waals surface area contributed by atoms with E-state index < -0.39 is 20.9 Å². The van der Waals surface area contributed by atoms with E-state index in [1.807, 2.05) is 0 Å². The van der Waals surface area contributed by atoms with Gasteiger partial charge < -0.3 is 0 Å². The summed E-state index contributed by atoms with van der Waals surface area (Å²) in [5, 5.41) is 3.96. The summed E-state index contributed by atoms with van der Waals surface area (Å²) in [4.78, 5) is 19.4. The Balaban J connectivity index is 1.68. The lowest BCUT2D eigenvalue weighted by Gasteiger charge is -2.20. The maximum Gasteiger partial charge on any atom is 0.260 e. The quantitative estimate of drug-likeness (QED) is 0.403. The molecule has 0 radical (unpaired) electrons. The summed E-state index contributed by atoms with van der Waals surface area (Å²) in [6, 6.07) is 12.3. The molecule has 32 heavy (non-hydrogen) atoms. The normalized spacial score (nSPS) is 11.9. The smallest absolute Gasteiger partial charge is 0.260 e. The number of carbonyl (C=O) groups is 1. The summed E-state index contributed by atoms with van der Waals surface area (Å²) in [6.45, 7) is 3.89. The lowest BCUT2D eigenvalue weighted by molar-refractivity contribution is 0.0985. The van der Waals surface area contributed by atoms with Crippen LogP contribution in [0.15, 0.2) is 65.8 Å². The van der Waals surface area contributed by atoms with E-state index in [4.69, 9.17) is 0 Å². The van der Waals surface area contributed by atoms with Gasteiger partial charge in [-0.3, -0.25) is 14.4 Å². The Morgan fingerprint density at radius 1 is 1.16 bits per heavy atom. The zero-order chi connectivity index (χ0) is 22.9. The zero-order valence-electron chi connectivity index (χ0n) is 17.5. The van der Waals surface area contributed by atoms with E-state index in [9.17, 15) is 17.6 Å². The first-order valence-electron chi connectivity index (χ1n) is 9.95. The lowest BCUT2D eigenvalue weighted by Crippen LogP contribution is -2.34. The standard InChI is InChI=1S/C22H21FN4O3S2/c1-15(2)32(29,30)17-9-7-16(8-10-17)21(28)27(14-13-26-12-4-11-24-26)22-25-20-18(23)5-3-6-19(20)31-22/h3-12,15H,13-14H2,1-2H3. The minimum Gasteiger partial charge on any atom is -0.282 e. The van der Waals surface area contributed by atoms with Gasteiger partial charge in [-0.05, 0) is 56.3 Å². The number of sulfone groups is 1. The molecule has 0 aliphatic heterocycles. The predicted molar refractivity (Wildman–Crippen MR) is 122 cm³/mol. The second kappa shape index (κ2) is 8.79. The molecule has 1 amide bonds. The molecule has 0 aliphatic rings. The minimum absolute atomic E-state index is 0.161. The van der Waals surface area contributed by atoms with Crippen LogP contribution in [-0.4, -0.2) is 40.9 Å². The number of nitrogens with zero attached hydrogens (tertiary/aromatic N) is 4. The summed E-state index contributed by atoms with van der Waals surface area (Å²) in [7, 11) is -3.44. The fraction of sp³-hybridized carbons (Fsp3) is 0.227. The molecule has 10 heteroatoms. The first kappa shape index (κ1) is 22.1. The number of thiazole rings is 1. The van der Waals surface area contributed by atoms with E-state index in [0.29, 0.717) is 21.9 Å². The van der Waals surface area contributed by atoms with E-state index in [1.165, 1.54) is 46.6 Å². The monoisotopic (exact) mass is 472 g/mol. The van der Waals surface area contributed by atoms with Gasteiger partial charge in [-0.25, -0.2) is 17.8 Å². The number of amides is 1. The van der Waals surface area contributed by atoms with Gasteiger partial charge in [0, 0.05) is 24.5 Å². The first-order valence-corrected chi connectivity index (χ1v) is 12.3. The van der Waals surface area contributed by atoms with Crippen molar-refractivity contribution in [3.8, 4) is 0 Å². The molecule has 0 saturated carbocycles. The van der Waals surface area contributed by atoms with Crippen molar-refractivity contribution in [2.24, 2.45) is 0 Å². The van der Waals surface area contributed by atoms with E-state index in [2.05, 4.69) is 10.1 Å². The van der Waals surface area contributed by atoms with Gasteiger partial charge in [0.1, 0.15) is 11.3 Å². The number of para-hydroxylation sites is 1. The van der Waals surface area contributed by atoms with Crippen LogP contribution in [0.25, 0.3) is 10.2 Å². The number of halogens is 1. The molecule has 0 saturated heterocycles. The van der Waals surface area contributed by atoms with Crippen LogP contribution in [0.4, 0.5) is 9.52 Å². The SMILES string of the molecule is CC(C)S(=O)(=O)c1ccc(C(=O)N(CCn2cccn2)c2nc3c(F)cccc3s2)cc1. The van der Waals surface area contributed by atoms with Gasteiger partial charge in [-0.15, -0.1) is 0 Å². The molecule has 0 N–H and O–H groups in total. The van der Waals surface area contributed by atoms with Crippen molar-refractivity contribution in [2.45, 2.75) is 30.5 Å². The third-order valence-corrected chi connectivity index (χ3v) is 8.21. The van der Waals surface area contributed by atoms with Crippen LogP contribution in [0.5, 0.6) is 0 Å². The minimum atomic E-state index is -3.44. The number of carbonyl (C=O) groups excluding carboxylic acids is 1. The van der Waals surface area contributed by atoms with Gasteiger partial charge in [-0.2, -0.15) is 5.10 Å². The highest BCUT2D eigenvalue weighted by Crippen LogP contribution is 2.31. The fourth-order valence-corrected chi connectivity index (χ4v) is 5.22. The summed E-state index contributed by atoms with van der Waals surface area (Å²) in [5.41, 5.74) is 0.524. The number of aromatic nitrogens is 3. The molecule has 166 valence electrons. The van der Waals surface area contributed by atoms with Crippen LogP contribution in [0.1, 0.15) is 24.2 Å². The van der Waals surface area contributed by atoms with Gasteiger partial charge >= 0.3 is 0 Å². The summed E-state index contributed by atoms with van der Waals surface area (Å²) in [5.74, 6) is -0.808. The molecular formula is C22H21FN4O3S2. The Hall–Kier alpha value is -3.11. The van der Waals surface area contributed by atoms with Crippen molar-refractivity contribution in [2.75, 3.05) is 11.4 Å². The largest absolute Gasteiger partial charge is 0.282 e. The van der Waals surface area contributed by atoms with E-state index in [-0.39, 0.29) is 22.9 Å². The number of benzene rings is 2. The van der Waals surface area contributed by atoms with Gasteiger partial charge in [0.25, 0.3) is 5.91 Å². The van der Waals surface area contributed by atoms with Crippen molar-refractivity contribution < 1.29 is 17.6 Å². The Kier molecular flexibility index (Phi) is 6.07. The third kappa shape index (κ3) is 4.28. The lowest BCUT2D eigenvalue weighted by atomic mass is 10.2. The van der Waals surface area contributed by atoms with Crippen LogP contribution < -0.4 is 4.90 Å². The summed E-state index contributed by atoms with van der Waals surface area (Å²) in [6.07, 6.45) is 3.43. The maximum absolute atomic E-state index is 14.2. The Morgan fingerprint density at radius 3 is 2.53 bits per heavy atom. The van der Waals surface area contributed by atoms with E-state index in [1.54, 1.807) is 49.1 Å². The average Bonchev–Trinajstić information content (AvgIpc) is 3.44. The van der Waals surface area contributed by atoms with Crippen LogP contribution in [0.3, 0.4) is 0 Å². The Bertz CT molecular complexity index is 1350. The molecule has 2 aromatic carbocycles. The number of rotatable bonds is 7. The molecule has 4 aromatic rings. The van der Waals surface area contributed by atoms with Crippen LogP contribution in [-0.2, 0) is 16.4 Å². The number of hydrogen-bond acceptors (Lipinski definition) is 6. The summed E-state index contributed by atoms with van der Waals surface area (Å²) < 4.78 is 41.3. The highest BCUT2D eigenvalue weighted by Gasteiger charge is 2.24. The molecule has 2 aromatic heterocycles. The molecule has 0 atom stereocenters. The van der Waals surface area contributed by atoms with Gasteiger partial charge in [0.15, 0.2) is 15.0 Å². The van der Waals surface area contributed by atoms with E-state index >= 15 is 0 Å². The molecule has 2 heterocycles. The molecular weight excluding hydrogens is 451 g/mol. The van der Waals surface area contributed by atoms with Crippen molar-refractivity contribution in [3.63, 3.8) is 0 Å². The maximum atomic E-state index is 14.2. The van der Waals surface area contributed by atoms with Crippen LogP contribution in [0.2, 0.25) is 0 Å². The van der Waals surface area contributed by atoms with Crippen molar-refractivity contribution in [1.29, 1.82) is 0 Å². The third-order valence-electron chi connectivity index (χ3n) is 5.00. The number of anilines is 1. The van der Waals surface area contributed by atoms with Gasteiger partial charge in [0.2, 0.25) is 0 Å². The van der Waals surface area contributed by atoms with Crippen molar-refractivity contribution >= 4 is 42.4 Å². The molecule has 0 unspecified atom stereocenters. The highest BCUT2D eigenvalue weighted by molar-refractivity contribution is 7.92. The zero-order valence-corrected chi connectivity index (χ0v) is 19.1. The Labute approximate surface area is 189 Å². The second-order valence-electron chi connectivity index (χ2n) is 7.43. The van der Waals surface area contributed by atoms with Gasteiger partial charge in [-0.1, -0.05) is 17.4 Å². The molecule has 7 nitrogen and oxygen atoms in total. The van der Waals surface area contributed by atoms with Crippen LogP contribution in [0, 0.1) is 5.82 Å². The molecule has 0 fully saturated rings. The first-order chi connectivity index (χ1) is 15.3. The summed E-state index contributed by atoms with van der Waals surface area (Å²) >= 11 is 1.22. The highest BCUT2D eigenvalue weighted by atomic mass is 32.2. The van der Waals surface area contributed by atoms with Crippen molar-refractivity contribution in [3.05, 3.63) is 72.3 Å². The van der Waals surface area contributed by atoms with E-state index in [0.717, 1.165) is 0 Å². The Morgan fingerprint density at radius 2 is 1.91 bits per heavy atom. The molecule has 0 spiro atoms. The molecule has 4 rings (SSSR count). The second-order valence-corrected chi connectivity index (χ2v) is 10.9. The van der Waals surface area contributed by atoms with Crippen molar-refractivity contribution in [1.82, 2.24) is 14.8 Å². The predicted octanol–water partition coefficient (Wildman–Crippen LogP) is 4.16. The topological polar surface area (TPSA) is 85.2 Å². The number of fused-ring (bicyclic) bond motifs is 1. The fourth-order valence-electron chi connectivity index (χ4n) is 3.15. The van der Waals surface area contributed by atoms with Crippen LogP contribution >= 0.6 is 11.3 Å². The molecule has 0 aliphatic carbocycles. The average molecular weight is 473 g/mol. The number of hydrogen-bond donors (Lipinski definition) is 0. The van der Waals surface area contributed by atoms with Gasteiger partial charge in [0.05, 0.1) is 21.4 Å².